The maximum atomic E-state index is 5.60. The first-order valence-electron chi connectivity index (χ1n) is 6.45. The van der Waals surface area contributed by atoms with E-state index in [2.05, 4.69) is 15.5 Å². The van der Waals surface area contributed by atoms with Crippen molar-refractivity contribution in [2.75, 3.05) is 0 Å². The zero-order valence-electron chi connectivity index (χ0n) is 11.2. The Morgan fingerprint density at radius 2 is 1.80 bits per heavy atom. The standard InChI is InChI=1S/C15H15N3O2/c1-11-7-8-13(19-11)9-16-10-14-17-18-15(20-14)12-5-3-2-4-6-12/h2-8,16H,9-10H2,1H3. The van der Waals surface area contributed by atoms with Crippen molar-refractivity contribution in [2.45, 2.75) is 20.0 Å². The van der Waals surface area contributed by atoms with Gasteiger partial charge in [0, 0.05) is 5.56 Å². The molecule has 3 aromatic rings. The van der Waals surface area contributed by atoms with Gasteiger partial charge in [-0.25, -0.2) is 0 Å². The van der Waals surface area contributed by atoms with Crippen molar-refractivity contribution in [3.63, 3.8) is 0 Å². The first-order valence-corrected chi connectivity index (χ1v) is 6.45. The summed E-state index contributed by atoms with van der Waals surface area (Å²) < 4.78 is 11.1. The molecule has 3 rings (SSSR count). The average Bonchev–Trinajstić information content (AvgIpc) is 3.09. The van der Waals surface area contributed by atoms with E-state index in [4.69, 9.17) is 8.83 Å². The summed E-state index contributed by atoms with van der Waals surface area (Å²) in [4.78, 5) is 0. The van der Waals surface area contributed by atoms with Crippen LogP contribution in [0.15, 0.2) is 51.3 Å². The van der Waals surface area contributed by atoms with Gasteiger partial charge in [-0.1, -0.05) is 18.2 Å². The van der Waals surface area contributed by atoms with Gasteiger partial charge in [-0.3, -0.25) is 0 Å². The molecule has 1 aromatic carbocycles. The van der Waals surface area contributed by atoms with E-state index in [0.29, 0.717) is 24.9 Å². The van der Waals surface area contributed by atoms with Crippen LogP contribution in [-0.4, -0.2) is 10.2 Å². The van der Waals surface area contributed by atoms with Gasteiger partial charge in [-0.2, -0.15) is 0 Å². The monoisotopic (exact) mass is 269 g/mol. The molecule has 0 atom stereocenters. The Labute approximate surface area is 116 Å². The van der Waals surface area contributed by atoms with E-state index in [-0.39, 0.29) is 0 Å². The first-order chi connectivity index (χ1) is 9.81. The van der Waals surface area contributed by atoms with Crippen LogP contribution in [-0.2, 0) is 13.1 Å². The van der Waals surface area contributed by atoms with Crippen LogP contribution in [0.4, 0.5) is 0 Å². The minimum absolute atomic E-state index is 0.513. The molecule has 1 N–H and O–H groups in total. The molecule has 2 heterocycles. The molecule has 0 saturated heterocycles. The number of aromatic nitrogens is 2. The Morgan fingerprint density at radius 1 is 0.950 bits per heavy atom. The van der Waals surface area contributed by atoms with Gasteiger partial charge in [-0.05, 0) is 31.2 Å². The van der Waals surface area contributed by atoms with E-state index >= 15 is 0 Å². The number of rotatable bonds is 5. The number of furan rings is 1. The van der Waals surface area contributed by atoms with Crippen LogP contribution in [0.25, 0.3) is 11.5 Å². The number of nitrogens with zero attached hydrogens (tertiary/aromatic N) is 2. The molecular formula is C15H15N3O2. The number of benzene rings is 1. The van der Waals surface area contributed by atoms with E-state index in [1.807, 2.05) is 49.4 Å². The predicted octanol–water partition coefficient (Wildman–Crippen LogP) is 2.93. The highest BCUT2D eigenvalue weighted by Gasteiger charge is 2.07. The zero-order valence-corrected chi connectivity index (χ0v) is 11.2. The molecule has 0 aliphatic carbocycles. The predicted molar refractivity (Wildman–Crippen MR) is 73.7 cm³/mol. The smallest absolute Gasteiger partial charge is 0.247 e. The van der Waals surface area contributed by atoms with Gasteiger partial charge < -0.3 is 14.2 Å². The summed E-state index contributed by atoms with van der Waals surface area (Å²) in [6, 6.07) is 13.6. The molecule has 0 unspecified atom stereocenters. The Balaban J connectivity index is 1.58. The number of hydrogen-bond donors (Lipinski definition) is 1. The van der Waals surface area contributed by atoms with Gasteiger partial charge in [0.1, 0.15) is 11.5 Å². The van der Waals surface area contributed by atoms with E-state index in [0.717, 1.165) is 17.1 Å². The highest BCUT2D eigenvalue weighted by molar-refractivity contribution is 5.51. The average molecular weight is 269 g/mol. The molecule has 0 radical (unpaired) electrons. The van der Waals surface area contributed by atoms with E-state index < -0.39 is 0 Å². The summed E-state index contributed by atoms with van der Waals surface area (Å²) in [6.45, 7) is 3.07. The molecule has 5 heteroatoms. The summed E-state index contributed by atoms with van der Waals surface area (Å²) in [5.41, 5.74) is 0.924. The summed E-state index contributed by atoms with van der Waals surface area (Å²) in [7, 11) is 0. The zero-order chi connectivity index (χ0) is 13.8. The molecule has 0 spiro atoms. The fourth-order valence-electron chi connectivity index (χ4n) is 1.90. The Kier molecular flexibility index (Phi) is 3.60. The quantitative estimate of drug-likeness (QED) is 0.771. The Hall–Kier alpha value is -2.40. The molecule has 0 saturated carbocycles. The summed E-state index contributed by atoms with van der Waals surface area (Å²) in [6.07, 6.45) is 0. The molecule has 2 aromatic heterocycles. The van der Waals surface area contributed by atoms with Crippen molar-refractivity contribution in [3.05, 3.63) is 59.9 Å². The Morgan fingerprint density at radius 3 is 2.55 bits per heavy atom. The first kappa shape index (κ1) is 12.6. The van der Waals surface area contributed by atoms with E-state index in [1.54, 1.807) is 0 Å². The minimum Gasteiger partial charge on any atom is -0.465 e. The number of aryl methyl sites for hydroxylation is 1. The molecule has 0 amide bonds. The van der Waals surface area contributed by atoms with Gasteiger partial charge in [0.15, 0.2) is 0 Å². The van der Waals surface area contributed by atoms with Crippen molar-refractivity contribution in [3.8, 4) is 11.5 Å². The lowest BCUT2D eigenvalue weighted by molar-refractivity contribution is 0.437. The molecule has 0 aliphatic heterocycles. The maximum Gasteiger partial charge on any atom is 0.247 e. The molecule has 5 nitrogen and oxygen atoms in total. The van der Waals surface area contributed by atoms with Crippen LogP contribution in [0, 0.1) is 6.92 Å². The van der Waals surface area contributed by atoms with Crippen LogP contribution in [0.3, 0.4) is 0 Å². The van der Waals surface area contributed by atoms with Gasteiger partial charge in [0.2, 0.25) is 11.8 Å². The molecule has 0 aliphatic rings. The van der Waals surface area contributed by atoms with Crippen LogP contribution >= 0.6 is 0 Å². The lowest BCUT2D eigenvalue weighted by Crippen LogP contribution is -2.12. The van der Waals surface area contributed by atoms with Crippen LogP contribution in [0.2, 0.25) is 0 Å². The topological polar surface area (TPSA) is 64.1 Å². The summed E-state index contributed by atoms with van der Waals surface area (Å²) in [5, 5.41) is 11.3. The van der Waals surface area contributed by atoms with E-state index in [9.17, 15) is 0 Å². The van der Waals surface area contributed by atoms with Gasteiger partial charge >= 0.3 is 0 Å². The lowest BCUT2D eigenvalue weighted by atomic mass is 10.2. The SMILES string of the molecule is Cc1ccc(CNCc2nnc(-c3ccccc3)o2)o1. The molecule has 20 heavy (non-hydrogen) atoms. The molecular weight excluding hydrogens is 254 g/mol. The van der Waals surface area contributed by atoms with Gasteiger partial charge in [0.25, 0.3) is 0 Å². The van der Waals surface area contributed by atoms with Crippen LogP contribution in [0.5, 0.6) is 0 Å². The normalized spacial score (nSPS) is 10.8. The van der Waals surface area contributed by atoms with Crippen molar-refractivity contribution < 1.29 is 8.83 Å². The van der Waals surface area contributed by atoms with Gasteiger partial charge in [0.05, 0.1) is 13.1 Å². The van der Waals surface area contributed by atoms with Crippen LogP contribution < -0.4 is 5.32 Å². The van der Waals surface area contributed by atoms with Crippen molar-refractivity contribution >= 4 is 0 Å². The lowest BCUT2D eigenvalue weighted by Gasteiger charge is -1.98. The van der Waals surface area contributed by atoms with Crippen molar-refractivity contribution in [1.82, 2.24) is 15.5 Å². The highest BCUT2D eigenvalue weighted by atomic mass is 16.4. The molecule has 102 valence electrons. The second kappa shape index (κ2) is 5.71. The fourth-order valence-corrected chi connectivity index (χ4v) is 1.90. The van der Waals surface area contributed by atoms with Crippen molar-refractivity contribution in [2.24, 2.45) is 0 Å². The number of nitrogens with one attached hydrogen (secondary N) is 1. The third-order valence-electron chi connectivity index (χ3n) is 2.86. The van der Waals surface area contributed by atoms with Crippen LogP contribution in [0.1, 0.15) is 17.4 Å². The highest BCUT2D eigenvalue weighted by Crippen LogP contribution is 2.16. The van der Waals surface area contributed by atoms with Gasteiger partial charge in [-0.15, -0.1) is 10.2 Å². The minimum atomic E-state index is 0.513. The molecule has 0 bridgehead atoms. The Bertz CT molecular complexity index is 673. The fraction of sp³-hybridized carbons (Fsp3) is 0.200. The largest absolute Gasteiger partial charge is 0.465 e. The summed E-state index contributed by atoms with van der Waals surface area (Å²) in [5.74, 6) is 2.90. The van der Waals surface area contributed by atoms with Crippen molar-refractivity contribution in [1.29, 1.82) is 0 Å². The molecule has 0 fully saturated rings. The number of hydrogen-bond acceptors (Lipinski definition) is 5. The van der Waals surface area contributed by atoms with E-state index in [1.165, 1.54) is 0 Å². The second-order valence-corrected chi connectivity index (χ2v) is 4.48. The third kappa shape index (κ3) is 2.95. The maximum absolute atomic E-state index is 5.60. The third-order valence-corrected chi connectivity index (χ3v) is 2.86. The summed E-state index contributed by atoms with van der Waals surface area (Å²) >= 11 is 0. The second-order valence-electron chi connectivity index (χ2n) is 4.48.